The van der Waals surface area contributed by atoms with E-state index in [-0.39, 0.29) is 17.1 Å². The van der Waals surface area contributed by atoms with Crippen molar-refractivity contribution in [2.75, 3.05) is 19.0 Å². The number of hydrogen-bond acceptors (Lipinski definition) is 3. The number of hydrogen-bond donors (Lipinski definition) is 1. The van der Waals surface area contributed by atoms with E-state index in [1.807, 2.05) is 13.0 Å². The largest absolute Gasteiger partial charge is 0.378 e. The maximum atomic E-state index is 12.3. The van der Waals surface area contributed by atoms with E-state index in [0.717, 1.165) is 51.4 Å². The molecule has 5 rings (SSSR count). The van der Waals surface area contributed by atoms with Crippen molar-refractivity contribution in [2.24, 2.45) is 17.3 Å². The second-order valence-electron chi connectivity index (χ2n) is 11.2. The summed E-state index contributed by atoms with van der Waals surface area (Å²) in [5.74, 6) is 7.94. The molecule has 1 N–H and O–H groups in total. The lowest BCUT2D eigenvalue weighted by Gasteiger charge is -2.55. The van der Waals surface area contributed by atoms with E-state index in [4.69, 9.17) is 0 Å². The van der Waals surface area contributed by atoms with Gasteiger partial charge in [0.15, 0.2) is 5.78 Å². The molecule has 0 aromatic heterocycles. The van der Waals surface area contributed by atoms with Gasteiger partial charge in [-0.1, -0.05) is 37.0 Å². The zero-order valence-corrected chi connectivity index (χ0v) is 21.3. The van der Waals surface area contributed by atoms with Gasteiger partial charge in [0.1, 0.15) is 5.60 Å². The molecule has 2 fully saturated rings. The van der Waals surface area contributed by atoms with Crippen LogP contribution >= 0.6 is 0 Å². The van der Waals surface area contributed by atoms with Crippen LogP contribution in [0.5, 0.6) is 0 Å². The summed E-state index contributed by atoms with van der Waals surface area (Å²) in [6.07, 6.45) is 10.4. The second kappa shape index (κ2) is 8.72. The normalized spacial score (nSPS) is 34.4. The van der Waals surface area contributed by atoms with Crippen molar-refractivity contribution in [3.8, 4) is 11.8 Å². The number of anilines is 1. The molecule has 4 aliphatic rings. The topological polar surface area (TPSA) is 40.5 Å². The van der Waals surface area contributed by atoms with Gasteiger partial charge in [0.05, 0.1) is 0 Å². The Balaban J connectivity index is 1.70. The van der Waals surface area contributed by atoms with E-state index in [1.54, 1.807) is 5.57 Å². The van der Waals surface area contributed by atoms with Gasteiger partial charge in [0.2, 0.25) is 0 Å². The van der Waals surface area contributed by atoms with Crippen molar-refractivity contribution >= 4 is 11.5 Å². The van der Waals surface area contributed by atoms with Gasteiger partial charge in [0, 0.05) is 37.5 Å². The van der Waals surface area contributed by atoms with Gasteiger partial charge in [-0.25, -0.2) is 0 Å². The summed E-state index contributed by atoms with van der Waals surface area (Å²) >= 11 is 0. The van der Waals surface area contributed by atoms with E-state index < -0.39 is 5.60 Å². The number of benzene rings is 1. The molecule has 1 aromatic carbocycles. The highest BCUT2D eigenvalue weighted by atomic mass is 16.3. The lowest BCUT2D eigenvalue weighted by molar-refractivity contribution is -0.114. The molecule has 2 unspecified atom stereocenters. The Morgan fingerprint density at radius 1 is 1.12 bits per heavy atom. The molecular formula is C31H39NO2. The summed E-state index contributed by atoms with van der Waals surface area (Å²) in [4.78, 5) is 14.4. The average Bonchev–Trinajstić information content (AvgIpc) is 3.10. The van der Waals surface area contributed by atoms with Crippen LogP contribution in [0.15, 0.2) is 47.1 Å². The number of carbonyl (C=O) groups is 1. The van der Waals surface area contributed by atoms with Crippen LogP contribution in [0.1, 0.15) is 83.1 Å². The third-order valence-electron chi connectivity index (χ3n) is 9.44. The molecule has 3 heteroatoms. The molecule has 0 aliphatic heterocycles. The number of rotatable bonds is 4. The van der Waals surface area contributed by atoms with Crippen LogP contribution in [0.4, 0.5) is 5.69 Å². The Hall–Kier alpha value is -2.31. The molecule has 0 radical (unpaired) electrons. The van der Waals surface area contributed by atoms with E-state index in [2.05, 4.69) is 62.0 Å². The fourth-order valence-corrected chi connectivity index (χ4v) is 8.11. The Kier molecular flexibility index (Phi) is 6.01. The number of fused-ring (bicyclic) bond motifs is 4. The Morgan fingerprint density at radius 2 is 1.88 bits per heavy atom. The van der Waals surface area contributed by atoms with Crippen LogP contribution in [0.3, 0.4) is 0 Å². The average molecular weight is 458 g/mol. The molecular weight excluding hydrogens is 418 g/mol. The van der Waals surface area contributed by atoms with Crippen molar-refractivity contribution in [1.29, 1.82) is 0 Å². The first-order chi connectivity index (χ1) is 16.3. The Labute approximate surface area is 205 Å². The third-order valence-corrected chi connectivity index (χ3v) is 9.44. The standard InChI is InChI=1S/C31H39NO2/c1-5-16-30-20-27(21-7-10-23(11-8-21)32(3)4)29-25-14-12-24(33)19-22(25)9-13-26(29)28(30)15-18-31(30,34)17-6-2/h7-8,10-11,19,26-28,34H,5,9,12-16,18,20H2,1-4H3/t26-,27+,28?,30?,31-/m0/s1. The highest BCUT2D eigenvalue weighted by molar-refractivity contribution is 5.93. The van der Waals surface area contributed by atoms with E-state index in [1.165, 1.54) is 22.4 Å². The summed E-state index contributed by atoms with van der Waals surface area (Å²) in [6.45, 7) is 4.13. The number of ketones is 1. The summed E-state index contributed by atoms with van der Waals surface area (Å²) < 4.78 is 0. The molecule has 1 aromatic rings. The highest BCUT2D eigenvalue weighted by Gasteiger charge is 2.64. The molecule has 5 atom stereocenters. The fraction of sp³-hybridized carbons (Fsp3) is 0.581. The molecule has 34 heavy (non-hydrogen) atoms. The zero-order chi connectivity index (χ0) is 24.1. The number of aliphatic hydroxyl groups is 1. The molecule has 0 heterocycles. The molecule has 0 saturated heterocycles. The third kappa shape index (κ3) is 3.49. The van der Waals surface area contributed by atoms with Crippen molar-refractivity contribution in [2.45, 2.75) is 83.2 Å². The highest BCUT2D eigenvalue weighted by Crippen LogP contribution is 2.68. The van der Waals surface area contributed by atoms with E-state index >= 15 is 0 Å². The minimum atomic E-state index is -0.904. The SMILES string of the molecule is CC#C[C@]1(O)CCC2[C@@H]3CCC4=CC(=O)CCC4=C3[C@@H](c3ccc(N(C)C)cc3)CC21CCC. The monoisotopic (exact) mass is 457 g/mol. The molecule has 3 nitrogen and oxygen atoms in total. The minimum Gasteiger partial charge on any atom is -0.378 e. The van der Waals surface area contributed by atoms with E-state index in [0.29, 0.717) is 18.3 Å². The summed E-state index contributed by atoms with van der Waals surface area (Å²) in [5, 5.41) is 12.1. The smallest absolute Gasteiger partial charge is 0.156 e. The van der Waals surface area contributed by atoms with Gasteiger partial charge in [-0.05, 0) is 98.6 Å². The number of carbonyl (C=O) groups excluding carboxylic acids is 1. The molecule has 2 saturated carbocycles. The first-order valence-electron chi connectivity index (χ1n) is 13.2. The first kappa shape index (κ1) is 23.4. The van der Waals surface area contributed by atoms with Crippen LogP contribution < -0.4 is 4.90 Å². The van der Waals surface area contributed by atoms with Crippen molar-refractivity contribution in [3.63, 3.8) is 0 Å². The number of nitrogens with zero attached hydrogens (tertiary/aromatic N) is 1. The van der Waals surface area contributed by atoms with Crippen LogP contribution in [0.25, 0.3) is 0 Å². The maximum absolute atomic E-state index is 12.3. The van der Waals surface area contributed by atoms with Crippen molar-refractivity contribution in [3.05, 3.63) is 52.6 Å². The Morgan fingerprint density at radius 3 is 2.56 bits per heavy atom. The van der Waals surface area contributed by atoms with Crippen LogP contribution in [-0.2, 0) is 4.79 Å². The fourth-order valence-electron chi connectivity index (χ4n) is 8.11. The lowest BCUT2D eigenvalue weighted by atomic mass is 9.49. The number of allylic oxidation sites excluding steroid dienone is 4. The minimum absolute atomic E-state index is 0.171. The van der Waals surface area contributed by atoms with Gasteiger partial charge in [-0.3, -0.25) is 4.79 Å². The molecule has 0 bridgehead atoms. The van der Waals surface area contributed by atoms with Crippen LogP contribution in [0.2, 0.25) is 0 Å². The molecule has 180 valence electrons. The summed E-state index contributed by atoms with van der Waals surface area (Å²) in [6, 6.07) is 9.06. The zero-order valence-electron chi connectivity index (χ0n) is 21.3. The maximum Gasteiger partial charge on any atom is 0.156 e. The van der Waals surface area contributed by atoms with E-state index in [9.17, 15) is 9.90 Å². The van der Waals surface area contributed by atoms with Crippen LogP contribution in [0, 0.1) is 29.1 Å². The van der Waals surface area contributed by atoms with Gasteiger partial charge in [-0.2, -0.15) is 0 Å². The van der Waals surface area contributed by atoms with Gasteiger partial charge < -0.3 is 10.0 Å². The van der Waals surface area contributed by atoms with Gasteiger partial charge in [0.25, 0.3) is 0 Å². The predicted octanol–water partition coefficient (Wildman–Crippen LogP) is 6.19. The van der Waals surface area contributed by atoms with Crippen LogP contribution in [-0.4, -0.2) is 30.6 Å². The quantitative estimate of drug-likeness (QED) is 0.548. The predicted molar refractivity (Wildman–Crippen MR) is 139 cm³/mol. The lowest BCUT2D eigenvalue weighted by Crippen LogP contribution is -2.52. The van der Waals surface area contributed by atoms with Crippen molar-refractivity contribution in [1.82, 2.24) is 0 Å². The Bertz CT molecular complexity index is 1100. The summed E-state index contributed by atoms with van der Waals surface area (Å²) in [7, 11) is 4.16. The van der Waals surface area contributed by atoms with Crippen molar-refractivity contribution < 1.29 is 9.90 Å². The first-order valence-corrected chi connectivity index (χ1v) is 13.2. The van der Waals surface area contributed by atoms with Gasteiger partial charge in [-0.15, -0.1) is 5.92 Å². The molecule has 4 aliphatic carbocycles. The van der Waals surface area contributed by atoms with Gasteiger partial charge >= 0.3 is 0 Å². The second-order valence-corrected chi connectivity index (χ2v) is 11.2. The summed E-state index contributed by atoms with van der Waals surface area (Å²) in [5.41, 5.74) is 5.84. The molecule has 0 spiro atoms. The molecule has 0 amide bonds.